The van der Waals surface area contributed by atoms with Gasteiger partial charge in [0.25, 0.3) is 5.91 Å². The number of rotatable bonds is 5. The fourth-order valence-corrected chi connectivity index (χ4v) is 2.41. The zero-order valence-corrected chi connectivity index (χ0v) is 13.4. The van der Waals surface area contributed by atoms with Crippen molar-refractivity contribution >= 4 is 28.2 Å². The van der Waals surface area contributed by atoms with E-state index in [1.165, 1.54) is 18.2 Å². The van der Waals surface area contributed by atoms with Crippen LogP contribution in [0.1, 0.15) is 5.69 Å². The lowest BCUT2D eigenvalue weighted by molar-refractivity contribution is -0.385. The number of hydrogen-bond acceptors (Lipinski definition) is 5. The molecule has 0 fully saturated rings. The van der Waals surface area contributed by atoms with Crippen molar-refractivity contribution in [2.75, 3.05) is 11.9 Å². The van der Waals surface area contributed by atoms with Gasteiger partial charge in [-0.2, -0.15) is 0 Å². The second-order valence-corrected chi connectivity index (χ2v) is 5.39. The average Bonchev–Trinajstić information content (AvgIpc) is 2.60. The molecule has 25 heavy (non-hydrogen) atoms. The number of aryl methyl sites for hydroxylation is 1. The Bertz CT molecular complexity index is 956. The minimum atomic E-state index is -0.551. The van der Waals surface area contributed by atoms with E-state index in [0.717, 1.165) is 11.1 Å². The number of benzene rings is 2. The molecule has 1 amide bonds. The molecule has 0 bridgehead atoms. The van der Waals surface area contributed by atoms with Gasteiger partial charge in [-0.05, 0) is 25.1 Å². The molecule has 0 radical (unpaired) electrons. The zero-order chi connectivity index (χ0) is 17.8. The molecule has 1 aromatic heterocycles. The van der Waals surface area contributed by atoms with Gasteiger partial charge in [0.15, 0.2) is 12.4 Å². The quantitative estimate of drug-likeness (QED) is 0.568. The Morgan fingerprint density at radius 2 is 1.96 bits per heavy atom. The molecule has 0 unspecified atom stereocenters. The monoisotopic (exact) mass is 337 g/mol. The number of fused-ring (bicyclic) bond motifs is 1. The summed E-state index contributed by atoms with van der Waals surface area (Å²) < 4.78 is 5.29. The van der Waals surface area contributed by atoms with Crippen LogP contribution in [0.3, 0.4) is 0 Å². The Labute approximate surface area is 143 Å². The second-order valence-electron chi connectivity index (χ2n) is 5.39. The smallest absolute Gasteiger partial charge is 0.310 e. The number of nitrogens with one attached hydrogen (secondary N) is 1. The first-order valence-corrected chi connectivity index (χ1v) is 7.57. The number of pyridine rings is 1. The third-order valence-electron chi connectivity index (χ3n) is 3.55. The molecule has 3 rings (SSSR count). The summed E-state index contributed by atoms with van der Waals surface area (Å²) in [6, 6.07) is 15.2. The molecule has 7 nitrogen and oxygen atoms in total. The highest BCUT2D eigenvalue weighted by Gasteiger charge is 2.15. The first-order valence-electron chi connectivity index (χ1n) is 7.57. The molecule has 0 aliphatic rings. The highest BCUT2D eigenvalue weighted by molar-refractivity contribution is 6.00. The number of carbonyl (C=O) groups excluding carboxylic acids is 1. The number of aromatic nitrogens is 1. The summed E-state index contributed by atoms with van der Waals surface area (Å²) >= 11 is 0. The zero-order valence-electron chi connectivity index (χ0n) is 13.4. The Hall–Kier alpha value is -3.48. The molecular formula is C18H15N3O4. The summed E-state index contributed by atoms with van der Waals surface area (Å²) in [5.41, 5.74) is 1.90. The third-order valence-corrected chi connectivity index (χ3v) is 3.55. The van der Waals surface area contributed by atoms with E-state index in [1.807, 2.05) is 31.2 Å². The van der Waals surface area contributed by atoms with E-state index in [0.29, 0.717) is 11.2 Å². The van der Waals surface area contributed by atoms with Crippen molar-refractivity contribution in [3.63, 3.8) is 0 Å². The number of nitro benzene ring substituents is 1. The lowest BCUT2D eigenvalue weighted by Gasteiger charge is -2.10. The van der Waals surface area contributed by atoms with Crippen molar-refractivity contribution in [2.45, 2.75) is 6.92 Å². The summed E-state index contributed by atoms with van der Waals surface area (Å²) in [5, 5.41) is 14.6. The van der Waals surface area contributed by atoms with Crippen LogP contribution in [0.15, 0.2) is 54.6 Å². The molecule has 3 aromatic rings. The molecule has 126 valence electrons. The predicted octanol–water partition coefficient (Wildman–Crippen LogP) is 3.47. The average molecular weight is 337 g/mol. The number of para-hydroxylation sites is 3. The number of amides is 1. The van der Waals surface area contributed by atoms with Crippen molar-refractivity contribution in [2.24, 2.45) is 0 Å². The van der Waals surface area contributed by atoms with Crippen molar-refractivity contribution < 1.29 is 14.5 Å². The Kier molecular flexibility index (Phi) is 4.56. The molecule has 1 heterocycles. The van der Waals surface area contributed by atoms with Crippen LogP contribution in [-0.4, -0.2) is 22.4 Å². The van der Waals surface area contributed by atoms with E-state index >= 15 is 0 Å². The summed E-state index contributed by atoms with van der Waals surface area (Å²) in [5.74, 6) is -0.372. The van der Waals surface area contributed by atoms with E-state index in [1.54, 1.807) is 12.1 Å². The Morgan fingerprint density at radius 1 is 1.16 bits per heavy atom. The number of anilines is 1. The first-order chi connectivity index (χ1) is 12.0. The van der Waals surface area contributed by atoms with Gasteiger partial charge >= 0.3 is 5.69 Å². The standard InChI is InChI=1S/C18H15N3O4/c1-12-9-10-13-5-4-6-14(18(13)19-12)20-17(22)11-25-16-8-3-2-7-15(16)21(23)24/h2-10H,11H2,1H3,(H,20,22). The van der Waals surface area contributed by atoms with Gasteiger partial charge in [-0.25, -0.2) is 0 Å². The summed E-state index contributed by atoms with van der Waals surface area (Å²) in [7, 11) is 0. The van der Waals surface area contributed by atoms with Crippen molar-refractivity contribution in [1.29, 1.82) is 0 Å². The minimum Gasteiger partial charge on any atom is -0.477 e. The highest BCUT2D eigenvalue weighted by atomic mass is 16.6. The highest BCUT2D eigenvalue weighted by Crippen LogP contribution is 2.26. The van der Waals surface area contributed by atoms with Crippen LogP contribution in [0, 0.1) is 17.0 Å². The van der Waals surface area contributed by atoms with Crippen LogP contribution in [0.2, 0.25) is 0 Å². The first kappa shape index (κ1) is 16.4. The van der Waals surface area contributed by atoms with E-state index in [-0.39, 0.29) is 18.0 Å². The SMILES string of the molecule is Cc1ccc2cccc(NC(=O)COc3ccccc3[N+](=O)[O-])c2n1. The molecule has 1 N–H and O–H groups in total. The van der Waals surface area contributed by atoms with Crippen molar-refractivity contribution in [3.05, 3.63) is 70.4 Å². The normalized spacial score (nSPS) is 10.4. The lowest BCUT2D eigenvalue weighted by atomic mass is 10.1. The van der Waals surface area contributed by atoms with Crippen molar-refractivity contribution in [1.82, 2.24) is 4.98 Å². The van der Waals surface area contributed by atoms with Crippen LogP contribution in [0.5, 0.6) is 5.75 Å². The number of hydrogen-bond donors (Lipinski definition) is 1. The van der Waals surface area contributed by atoms with E-state index in [9.17, 15) is 14.9 Å². The van der Waals surface area contributed by atoms with Crippen LogP contribution in [0.25, 0.3) is 10.9 Å². The lowest BCUT2D eigenvalue weighted by Crippen LogP contribution is -2.20. The second kappa shape index (κ2) is 6.96. The van der Waals surface area contributed by atoms with E-state index in [2.05, 4.69) is 10.3 Å². The van der Waals surface area contributed by atoms with Gasteiger partial charge in [-0.3, -0.25) is 19.9 Å². The minimum absolute atomic E-state index is 0.0505. The molecule has 0 saturated heterocycles. The maximum absolute atomic E-state index is 12.2. The predicted molar refractivity (Wildman–Crippen MR) is 93.7 cm³/mol. The number of nitro groups is 1. The maximum atomic E-state index is 12.2. The van der Waals surface area contributed by atoms with Gasteiger partial charge in [-0.15, -0.1) is 0 Å². The molecule has 0 spiro atoms. The molecule has 0 aliphatic heterocycles. The third kappa shape index (κ3) is 3.72. The number of ether oxygens (including phenoxy) is 1. The molecule has 0 atom stereocenters. The summed E-state index contributed by atoms with van der Waals surface area (Å²) in [6.07, 6.45) is 0. The van der Waals surface area contributed by atoms with E-state index in [4.69, 9.17) is 4.74 Å². The summed E-state index contributed by atoms with van der Waals surface area (Å²) in [6.45, 7) is 1.53. The van der Waals surface area contributed by atoms with Gasteiger partial charge in [0.05, 0.1) is 16.1 Å². The van der Waals surface area contributed by atoms with Gasteiger partial charge < -0.3 is 10.1 Å². The molecule has 2 aromatic carbocycles. The van der Waals surface area contributed by atoms with Crippen LogP contribution >= 0.6 is 0 Å². The fourth-order valence-electron chi connectivity index (χ4n) is 2.41. The van der Waals surface area contributed by atoms with Crippen LogP contribution < -0.4 is 10.1 Å². The molecule has 7 heteroatoms. The molecular weight excluding hydrogens is 322 g/mol. The maximum Gasteiger partial charge on any atom is 0.310 e. The number of nitrogens with zero attached hydrogens (tertiary/aromatic N) is 2. The number of carbonyl (C=O) groups is 1. The fraction of sp³-hybridized carbons (Fsp3) is 0.111. The van der Waals surface area contributed by atoms with Gasteiger partial charge in [0.1, 0.15) is 0 Å². The Balaban J connectivity index is 1.74. The molecule has 0 aliphatic carbocycles. The molecule has 0 saturated carbocycles. The topological polar surface area (TPSA) is 94.4 Å². The Morgan fingerprint density at radius 3 is 2.76 bits per heavy atom. The van der Waals surface area contributed by atoms with Crippen molar-refractivity contribution in [3.8, 4) is 5.75 Å². The van der Waals surface area contributed by atoms with Gasteiger partial charge in [-0.1, -0.05) is 30.3 Å². The van der Waals surface area contributed by atoms with Gasteiger partial charge in [0, 0.05) is 17.1 Å². The summed E-state index contributed by atoms with van der Waals surface area (Å²) in [4.78, 5) is 27.0. The van der Waals surface area contributed by atoms with Crippen LogP contribution in [0.4, 0.5) is 11.4 Å². The van der Waals surface area contributed by atoms with Crippen LogP contribution in [-0.2, 0) is 4.79 Å². The van der Waals surface area contributed by atoms with E-state index < -0.39 is 10.8 Å². The largest absolute Gasteiger partial charge is 0.477 e. The van der Waals surface area contributed by atoms with Gasteiger partial charge in [0.2, 0.25) is 0 Å².